The molecule has 6 heteroatoms. The Labute approximate surface area is 110 Å². The Morgan fingerprint density at radius 2 is 2.28 bits per heavy atom. The number of carbonyl (C=O) groups is 1. The number of rotatable bonds is 6. The molecule has 0 heterocycles. The van der Waals surface area contributed by atoms with Crippen molar-refractivity contribution in [1.29, 1.82) is 0 Å². The Balaban J connectivity index is 2.62. The molecule has 0 fully saturated rings. The second-order valence-corrected chi connectivity index (χ2v) is 3.98. The molecule has 0 unspecified atom stereocenters. The maximum absolute atomic E-state index is 13.0. The van der Waals surface area contributed by atoms with Crippen molar-refractivity contribution in [2.75, 3.05) is 18.5 Å². The van der Waals surface area contributed by atoms with Gasteiger partial charge in [-0.25, -0.2) is 4.39 Å². The molecule has 18 heavy (non-hydrogen) atoms. The smallest absolute Gasteiger partial charge is 0.307 e. The summed E-state index contributed by atoms with van der Waals surface area (Å²) in [4.78, 5) is 11.2. The summed E-state index contributed by atoms with van der Waals surface area (Å²) in [5, 5.41) is 2.98. The molecule has 98 valence electrons. The predicted octanol–water partition coefficient (Wildman–Crippen LogP) is 1.82. The first-order chi connectivity index (χ1) is 8.54. The lowest BCUT2D eigenvalue weighted by molar-refractivity contribution is -0.142. The number of nitrogens with two attached hydrogens (primary N) is 1. The molecule has 0 atom stereocenters. The van der Waals surface area contributed by atoms with Crippen LogP contribution in [0.3, 0.4) is 0 Å². The monoisotopic (exact) mass is 270 g/mol. The third kappa shape index (κ3) is 4.29. The molecule has 0 amide bonds. The van der Waals surface area contributed by atoms with Crippen LogP contribution in [0.1, 0.15) is 18.9 Å². The average molecular weight is 270 g/mol. The zero-order valence-corrected chi connectivity index (χ0v) is 10.8. The number of esters is 1. The minimum absolute atomic E-state index is 0.105. The molecule has 4 nitrogen and oxygen atoms in total. The van der Waals surface area contributed by atoms with E-state index in [1.54, 1.807) is 6.92 Å². The molecule has 0 bridgehead atoms. The van der Waals surface area contributed by atoms with Crippen LogP contribution in [-0.4, -0.2) is 24.1 Å². The third-order valence-electron chi connectivity index (χ3n) is 2.20. The van der Waals surface area contributed by atoms with Crippen LogP contribution in [0.4, 0.5) is 10.1 Å². The number of thiocarbonyl (C=S) groups is 1. The summed E-state index contributed by atoms with van der Waals surface area (Å²) in [6.07, 6.45) is 0.224. The Morgan fingerprint density at radius 1 is 1.56 bits per heavy atom. The highest BCUT2D eigenvalue weighted by molar-refractivity contribution is 7.80. The van der Waals surface area contributed by atoms with E-state index in [-0.39, 0.29) is 17.4 Å². The van der Waals surface area contributed by atoms with Crippen molar-refractivity contribution < 1.29 is 13.9 Å². The predicted molar refractivity (Wildman–Crippen MR) is 72.0 cm³/mol. The maximum atomic E-state index is 13.0. The van der Waals surface area contributed by atoms with Crippen molar-refractivity contribution in [3.8, 4) is 0 Å². The largest absolute Gasteiger partial charge is 0.466 e. The van der Waals surface area contributed by atoms with E-state index < -0.39 is 5.82 Å². The van der Waals surface area contributed by atoms with Crippen LogP contribution in [0.5, 0.6) is 0 Å². The minimum Gasteiger partial charge on any atom is -0.466 e. The number of anilines is 1. The van der Waals surface area contributed by atoms with Gasteiger partial charge in [-0.05, 0) is 25.1 Å². The van der Waals surface area contributed by atoms with Gasteiger partial charge in [-0.2, -0.15) is 0 Å². The van der Waals surface area contributed by atoms with Gasteiger partial charge in [0.05, 0.1) is 13.0 Å². The molecule has 0 aliphatic carbocycles. The van der Waals surface area contributed by atoms with Gasteiger partial charge in [-0.3, -0.25) is 4.79 Å². The minimum atomic E-state index is -0.409. The maximum Gasteiger partial charge on any atom is 0.307 e. The highest BCUT2D eigenvalue weighted by atomic mass is 32.1. The van der Waals surface area contributed by atoms with E-state index in [4.69, 9.17) is 22.7 Å². The zero-order valence-electron chi connectivity index (χ0n) is 10.0. The van der Waals surface area contributed by atoms with Crippen molar-refractivity contribution in [2.24, 2.45) is 5.73 Å². The Bertz CT molecular complexity index is 452. The van der Waals surface area contributed by atoms with Crippen LogP contribution in [0, 0.1) is 5.82 Å². The number of hydrogen-bond donors (Lipinski definition) is 2. The molecule has 1 aromatic carbocycles. The van der Waals surface area contributed by atoms with Gasteiger partial charge in [-0.1, -0.05) is 12.2 Å². The fraction of sp³-hybridized carbons (Fsp3) is 0.333. The highest BCUT2D eigenvalue weighted by Gasteiger charge is 2.07. The van der Waals surface area contributed by atoms with E-state index in [9.17, 15) is 9.18 Å². The Morgan fingerprint density at radius 3 is 2.89 bits per heavy atom. The van der Waals surface area contributed by atoms with Crippen LogP contribution in [0.2, 0.25) is 0 Å². The molecule has 1 rings (SSSR count). The van der Waals surface area contributed by atoms with Crippen LogP contribution in [0.25, 0.3) is 0 Å². The lowest BCUT2D eigenvalue weighted by atomic mass is 10.1. The second-order valence-electron chi connectivity index (χ2n) is 3.54. The van der Waals surface area contributed by atoms with Gasteiger partial charge in [0, 0.05) is 17.8 Å². The fourth-order valence-corrected chi connectivity index (χ4v) is 1.58. The molecule has 3 N–H and O–H groups in total. The van der Waals surface area contributed by atoms with Gasteiger partial charge in [-0.15, -0.1) is 0 Å². The van der Waals surface area contributed by atoms with E-state index in [0.717, 1.165) is 0 Å². The Kier molecular flexibility index (Phi) is 5.51. The molecule has 0 aliphatic rings. The molecule has 0 spiro atoms. The van der Waals surface area contributed by atoms with Gasteiger partial charge < -0.3 is 15.8 Å². The number of ether oxygens (including phenoxy) is 1. The van der Waals surface area contributed by atoms with Crippen LogP contribution >= 0.6 is 12.2 Å². The van der Waals surface area contributed by atoms with Gasteiger partial charge in [0.25, 0.3) is 0 Å². The number of carbonyl (C=O) groups excluding carboxylic acids is 1. The molecular weight excluding hydrogens is 255 g/mol. The van der Waals surface area contributed by atoms with Crippen molar-refractivity contribution in [2.45, 2.75) is 13.3 Å². The topological polar surface area (TPSA) is 64.3 Å². The summed E-state index contributed by atoms with van der Waals surface area (Å²) >= 11 is 4.83. The van der Waals surface area contributed by atoms with E-state index in [0.29, 0.717) is 24.4 Å². The lowest BCUT2D eigenvalue weighted by Crippen LogP contribution is -2.16. The van der Waals surface area contributed by atoms with Gasteiger partial charge >= 0.3 is 5.97 Å². The average Bonchev–Trinajstić information content (AvgIpc) is 2.31. The molecule has 0 radical (unpaired) electrons. The summed E-state index contributed by atoms with van der Waals surface area (Å²) in [7, 11) is 0. The number of benzene rings is 1. The van der Waals surface area contributed by atoms with E-state index in [1.165, 1.54) is 18.2 Å². The fourth-order valence-electron chi connectivity index (χ4n) is 1.41. The van der Waals surface area contributed by atoms with E-state index in [1.807, 2.05) is 0 Å². The first kappa shape index (κ1) is 14.4. The summed E-state index contributed by atoms with van der Waals surface area (Å²) < 4.78 is 17.8. The van der Waals surface area contributed by atoms with Gasteiger partial charge in [0.1, 0.15) is 10.8 Å². The van der Waals surface area contributed by atoms with E-state index >= 15 is 0 Å². The van der Waals surface area contributed by atoms with Crippen molar-refractivity contribution in [3.63, 3.8) is 0 Å². The van der Waals surface area contributed by atoms with Gasteiger partial charge in [0.15, 0.2) is 0 Å². The molecule has 0 aromatic heterocycles. The van der Waals surface area contributed by atoms with Crippen molar-refractivity contribution >= 4 is 28.9 Å². The normalized spacial score (nSPS) is 9.89. The summed E-state index contributed by atoms with van der Waals surface area (Å²) in [6.45, 7) is 2.48. The molecular formula is C12H15FN2O2S. The lowest BCUT2D eigenvalue weighted by Gasteiger charge is -2.11. The van der Waals surface area contributed by atoms with Crippen molar-refractivity contribution in [1.82, 2.24) is 0 Å². The van der Waals surface area contributed by atoms with E-state index in [2.05, 4.69) is 5.32 Å². The quantitative estimate of drug-likeness (QED) is 0.610. The van der Waals surface area contributed by atoms with Gasteiger partial charge in [0.2, 0.25) is 0 Å². The molecule has 0 aliphatic heterocycles. The molecule has 0 saturated carbocycles. The summed E-state index contributed by atoms with van der Waals surface area (Å²) in [6, 6.07) is 4.10. The first-order valence-electron chi connectivity index (χ1n) is 5.53. The molecule has 0 saturated heterocycles. The zero-order chi connectivity index (χ0) is 13.5. The molecule has 1 aromatic rings. The first-order valence-corrected chi connectivity index (χ1v) is 5.94. The standard InChI is InChI=1S/C12H15FN2O2S/c1-2-17-11(16)5-6-15-10-4-3-8(13)7-9(10)12(14)18/h3-4,7,15H,2,5-6H2,1H3,(H2,14,18). The summed E-state index contributed by atoms with van der Waals surface area (Å²) in [5.41, 5.74) is 6.53. The number of hydrogen-bond acceptors (Lipinski definition) is 4. The van der Waals surface area contributed by atoms with Crippen LogP contribution in [0.15, 0.2) is 18.2 Å². The summed E-state index contributed by atoms with van der Waals surface area (Å²) in [5.74, 6) is -0.697. The highest BCUT2D eigenvalue weighted by Crippen LogP contribution is 2.16. The Hall–Kier alpha value is -1.69. The number of nitrogens with one attached hydrogen (secondary N) is 1. The van der Waals surface area contributed by atoms with Crippen LogP contribution in [-0.2, 0) is 9.53 Å². The third-order valence-corrected chi connectivity index (χ3v) is 2.42. The second kappa shape index (κ2) is 6.90. The number of halogens is 1. The van der Waals surface area contributed by atoms with Crippen molar-refractivity contribution in [3.05, 3.63) is 29.6 Å². The van der Waals surface area contributed by atoms with Crippen LogP contribution < -0.4 is 11.1 Å². The SMILES string of the molecule is CCOC(=O)CCNc1ccc(F)cc1C(N)=S.